The standard InChI is InChI=1S/C22H23N5O3S/c1-15-24-25-22(26(15)12-16-8-4-3-5-9-16)31-14-20(28)27-13-19(21(29)23-2)30-18-11-7-6-10-17(18)27/h3-11,19H,12-14H2,1-2H3,(H,23,29)/t19-/m0/s1. The van der Waals surface area contributed by atoms with Crippen molar-refractivity contribution in [3.05, 3.63) is 66.0 Å². The van der Waals surface area contributed by atoms with E-state index in [4.69, 9.17) is 4.74 Å². The molecule has 1 N–H and O–H groups in total. The van der Waals surface area contributed by atoms with Crippen molar-refractivity contribution in [3.8, 4) is 5.75 Å². The van der Waals surface area contributed by atoms with Crippen molar-refractivity contribution in [2.45, 2.75) is 24.7 Å². The predicted octanol–water partition coefficient (Wildman–Crippen LogP) is 2.27. The molecule has 9 heteroatoms. The first-order valence-electron chi connectivity index (χ1n) is 9.91. The molecular weight excluding hydrogens is 414 g/mol. The van der Waals surface area contributed by atoms with E-state index >= 15 is 0 Å². The number of nitrogens with one attached hydrogen (secondary N) is 1. The van der Waals surface area contributed by atoms with Gasteiger partial charge in [0.1, 0.15) is 11.6 Å². The Hall–Kier alpha value is -3.33. The van der Waals surface area contributed by atoms with Crippen LogP contribution in [0.5, 0.6) is 5.75 Å². The van der Waals surface area contributed by atoms with Crippen molar-refractivity contribution in [3.63, 3.8) is 0 Å². The first kappa shape index (κ1) is 20.9. The molecule has 0 spiro atoms. The molecule has 160 valence electrons. The summed E-state index contributed by atoms with van der Waals surface area (Å²) in [4.78, 5) is 26.9. The number of carbonyl (C=O) groups excluding carboxylic acids is 2. The van der Waals surface area contributed by atoms with E-state index in [0.717, 1.165) is 11.4 Å². The zero-order chi connectivity index (χ0) is 21.8. The predicted molar refractivity (Wildman–Crippen MR) is 118 cm³/mol. The summed E-state index contributed by atoms with van der Waals surface area (Å²) in [5.41, 5.74) is 1.80. The minimum Gasteiger partial charge on any atom is -0.477 e. The van der Waals surface area contributed by atoms with E-state index in [-0.39, 0.29) is 24.1 Å². The summed E-state index contributed by atoms with van der Waals surface area (Å²) in [5, 5.41) is 11.7. The van der Waals surface area contributed by atoms with Gasteiger partial charge in [-0.15, -0.1) is 10.2 Å². The zero-order valence-electron chi connectivity index (χ0n) is 17.3. The van der Waals surface area contributed by atoms with Gasteiger partial charge < -0.3 is 19.5 Å². The van der Waals surface area contributed by atoms with Gasteiger partial charge in [-0.2, -0.15) is 0 Å². The molecular formula is C22H23N5O3S. The number of carbonyl (C=O) groups is 2. The number of thioether (sulfide) groups is 1. The lowest BCUT2D eigenvalue weighted by Gasteiger charge is -2.33. The van der Waals surface area contributed by atoms with Gasteiger partial charge in [0.05, 0.1) is 24.5 Å². The van der Waals surface area contributed by atoms with E-state index in [1.807, 2.05) is 60.0 Å². The second kappa shape index (κ2) is 9.22. The maximum absolute atomic E-state index is 13.1. The van der Waals surface area contributed by atoms with E-state index in [9.17, 15) is 9.59 Å². The molecule has 2 heterocycles. The van der Waals surface area contributed by atoms with Crippen LogP contribution in [0, 0.1) is 6.92 Å². The van der Waals surface area contributed by atoms with Crippen molar-refractivity contribution < 1.29 is 14.3 Å². The van der Waals surface area contributed by atoms with Crippen molar-refractivity contribution in [1.82, 2.24) is 20.1 Å². The van der Waals surface area contributed by atoms with Gasteiger partial charge in [-0.3, -0.25) is 9.59 Å². The fourth-order valence-corrected chi connectivity index (χ4v) is 4.25. The molecule has 0 saturated heterocycles. The average molecular weight is 438 g/mol. The topological polar surface area (TPSA) is 89.4 Å². The SMILES string of the molecule is CNC(=O)[C@@H]1CN(C(=O)CSc2nnc(C)n2Cc2ccccc2)c2ccccc2O1. The van der Waals surface area contributed by atoms with E-state index in [1.165, 1.54) is 11.8 Å². The number of nitrogens with zero attached hydrogens (tertiary/aromatic N) is 4. The molecule has 2 aromatic carbocycles. The smallest absolute Gasteiger partial charge is 0.262 e. The first-order chi connectivity index (χ1) is 15.1. The van der Waals surface area contributed by atoms with Crippen LogP contribution in [0.2, 0.25) is 0 Å². The van der Waals surface area contributed by atoms with Crippen molar-refractivity contribution in [2.75, 3.05) is 24.2 Å². The summed E-state index contributed by atoms with van der Waals surface area (Å²) < 4.78 is 7.77. The number of amides is 2. The Kier molecular flexibility index (Phi) is 6.22. The number of rotatable bonds is 6. The summed E-state index contributed by atoms with van der Waals surface area (Å²) in [7, 11) is 1.55. The highest BCUT2D eigenvalue weighted by Crippen LogP contribution is 2.34. The van der Waals surface area contributed by atoms with Gasteiger partial charge >= 0.3 is 0 Å². The lowest BCUT2D eigenvalue weighted by atomic mass is 10.2. The lowest BCUT2D eigenvalue weighted by molar-refractivity contribution is -0.127. The molecule has 0 saturated carbocycles. The van der Waals surface area contributed by atoms with Crippen LogP contribution < -0.4 is 15.0 Å². The highest BCUT2D eigenvalue weighted by Gasteiger charge is 2.33. The third kappa shape index (κ3) is 4.56. The van der Waals surface area contributed by atoms with Gasteiger partial charge in [-0.25, -0.2) is 0 Å². The summed E-state index contributed by atoms with van der Waals surface area (Å²) in [5.74, 6) is 1.08. The molecule has 2 amide bonds. The Morgan fingerprint density at radius 2 is 1.87 bits per heavy atom. The molecule has 1 aromatic heterocycles. The number of fused-ring (bicyclic) bond motifs is 1. The number of anilines is 1. The number of hydrogen-bond acceptors (Lipinski definition) is 6. The molecule has 4 rings (SSSR count). The molecule has 0 bridgehead atoms. The van der Waals surface area contributed by atoms with Crippen molar-refractivity contribution >= 4 is 29.3 Å². The number of aromatic nitrogens is 3. The second-order valence-electron chi connectivity index (χ2n) is 7.08. The molecule has 1 aliphatic rings. The van der Waals surface area contributed by atoms with Crippen LogP contribution in [-0.2, 0) is 16.1 Å². The highest BCUT2D eigenvalue weighted by molar-refractivity contribution is 7.99. The van der Waals surface area contributed by atoms with Crippen molar-refractivity contribution in [1.29, 1.82) is 0 Å². The Bertz CT molecular complexity index is 1090. The first-order valence-corrected chi connectivity index (χ1v) is 10.9. The Labute approximate surface area is 184 Å². The van der Waals surface area contributed by atoms with Crippen LogP contribution in [-0.4, -0.2) is 52.0 Å². The van der Waals surface area contributed by atoms with E-state index < -0.39 is 6.10 Å². The summed E-state index contributed by atoms with van der Waals surface area (Å²) in [6.45, 7) is 2.69. The maximum Gasteiger partial charge on any atom is 0.262 e. The maximum atomic E-state index is 13.1. The molecule has 8 nitrogen and oxygen atoms in total. The summed E-state index contributed by atoms with van der Waals surface area (Å²) >= 11 is 1.34. The van der Waals surface area contributed by atoms with Gasteiger partial charge in [0, 0.05) is 7.05 Å². The van der Waals surface area contributed by atoms with Crippen LogP contribution in [0.4, 0.5) is 5.69 Å². The van der Waals surface area contributed by atoms with Crippen LogP contribution in [0.25, 0.3) is 0 Å². The fraction of sp³-hybridized carbons (Fsp3) is 0.273. The Morgan fingerprint density at radius 3 is 2.65 bits per heavy atom. The van der Waals surface area contributed by atoms with Gasteiger partial charge in [-0.1, -0.05) is 54.2 Å². The molecule has 0 aliphatic carbocycles. The molecule has 31 heavy (non-hydrogen) atoms. The molecule has 1 atom stereocenters. The second-order valence-corrected chi connectivity index (χ2v) is 8.03. The van der Waals surface area contributed by atoms with Gasteiger partial charge in [0.25, 0.3) is 5.91 Å². The molecule has 0 fully saturated rings. The number of benzene rings is 2. The summed E-state index contributed by atoms with van der Waals surface area (Å²) in [6.07, 6.45) is -0.752. The van der Waals surface area contributed by atoms with E-state index in [1.54, 1.807) is 18.0 Å². The quantitative estimate of drug-likeness (QED) is 0.595. The molecule has 0 unspecified atom stereocenters. The van der Waals surface area contributed by atoms with Crippen molar-refractivity contribution in [2.24, 2.45) is 0 Å². The zero-order valence-corrected chi connectivity index (χ0v) is 18.1. The number of para-hydroxylation sites is 2. The third-order valence-corrected chi connectivity index (χ3v) is 5.98. The van der Waals surface area contributed by atoms with Crippen LogP contribution >= 0.6 is 11.8 Å². The average Bonchev–Trinajstić information content (AvgIpc) is 3.15. The van der Waals surface area contributed by atoms with Gasteiger partial charge in [0.2, 0.25) is 5.91 Å². The number of hydrogen-bond donors (Lipinski definition) is 1. The van der Waals surface area contributed by atoms with E-state index in [0.29, 0.717) is 23.1 Å². The van der Waals surface area contributed by atoms with Crippen LogP contribution in [0.15, 0.2) is 59.8 Å². The van der Waals surface area contributed by atoms with Crippen LogP contribution in [0.1, 0.15) is 11.4 Å². The lowest BCUT2D eigenvalue weighted by Crippen LogP contribution is -2.50. The monoisotopic (exact) mass is 437 g/mol. The van der Waals surface area contributed by atoms with Gasteiger partial charge in [0.15, 0.2) is 11.3 Å². The third-order valence-electron chi connectivity index (χ3n) is 5.02. The molecule has 0 radical (unpaired) electrons. The Morgan fingerprint density at radius 1 is 1.13 bits per heavy atom. The van der Waals surface area contributed by atoms with E-state index in [2.05, 4.69) is 15.5 Å². The number of likely N-dealkylation sites (N-methyl/N-ethyl adjacent to an activating group) is 1. The molecule has 3 aromatic rings. The normalized spacial score (nSPS) is 15.2. The molecule has 1 aliphatic heterocycles. The minimum atomic E-state index is -0.752. The van der Waals surface area contributed by atoms with Crippen LogP contribution in [0.3, 0.4) is 0 Å². The number of ether oxygens (including phenoxy) is 1. The summed E-state index contributed by atoms with van der Waals surface area (Å²) in [6, 6.07) is 17.3. The number of aryl methyl sites for hydroxylation is 1. The highest BCUT2D eigenvalue weighted by atomic mass is 32.2. The Balaban J connectivity index is 1.50. The minimum absolute atomic E-state index is 0.124. The largest absolute Gasteiger partial charge is 0.477 e. The fourth-order valence-electron chi connectivity index (χ4n) is 3.39. The van der Waals surface area contributed by atoms with Gasteiger partial charge in [-0.05, 0) is 24.6 Å².